The van der Waals surface area contributed by atoms with E-state index in [4.69, 9.17) is 4.42 Å². The standard InChI is InChI=1S/C10H14F3NO2/c1-7-8(3-9(16-7)4-14-2)5-15-6-10(11,12)13/h3,14H,4-6H2,1-2H3. The highest BCUT2D eigenvalue weighted by atomic mass is 19.4. The Kier molecular flexibility index (Phi) is 4.37. The van der Waals surface area contributed by atoms with Crippen LogP contribution in [0.2, 0.25) is 0 Å². The molecule has 0 unspecified atom stereocenters. The highest BCUT2D eigenvalue weighted by molar-refractivity contribution is 5.19. The first-order valence-corrected chi connectivity index (χ1v) is 4.79. The van der Waals surface area contributed by atoms with E-state index in [0.29, 0.717) is 23.6 Å². The van der Waals surface area contributed by atoms with Gasteiger partial charge in [0.2, 0.25) is 0 Å². The molecule has 92 valence electrons. The smallest absolute Gasteiger partial charge is 0.411 e. The molecule has 1 heterocycles. The SMILES string of the molecule is CNCc1cc(COCC(F)(F)F)c(C)o1. The summed E-state index contributed by atoms with van der Waals surface area (Å²) in [6.07, 6.45) is -4.29. The lowest BCUT2D eigenvalue weighted by Gasteiger charge is -2.06. The first kappa shape index (κ1) is 13.1. The highest BCUT2D eigenvalue weighted by Crippen LogP contribution is 2.18. The number of hydrogen-bond acceptors (Lipinski definition) is 3. The molecule has 0 saturated carbocycles. The molecular weight excluding hydrogens is 223 g/mol. The molecule has 0 amide bonds. The van der Waals surface area contributed by atoms with Crippen LogP contribution in [0.15, 0.2) is 10.5 Å². The van der Waals surface area contributed by atoms with Gasteiger partial charge >= 0.3 is 6.18 Å². The quantitative estimate of drug-likeness (QED) is 0.853. The number of aryl methyl sites for hydroxylation is 1. The maximum Gasteiger partial charge on any atom is 0.411 e. The first-order chi connectivity index (χ1) is 7.42. The Morgan fingerprint density at radius 3 is 2.69 bits per heavy atom. The van der Waals surface area contributed by atoms with Crippen molar-refractivity contribution in [2.24, 2.45) is 0 Å². The van der Waals surface area contributed by atoms with Crippen LogP contribution in [0.5, 0.6) is 0 Å². The lowest BCUT2D eigenvalue weighted by atomic mass is 10.2. The molecule has 6 heteroatoms. The van der Waals surface area contributed by atoms with E-state index in [1.807, 2.05) is 0 Å². The third-order valence-corrected chi connectivity index (χ3v) is 1.95. The third kappa shape index (κ3) is 4.24. The van der Waals surface area contributed by atoms with E-state index in [0.717, 1.165) is 0 Å². The summed E-state index contributed by atoms with van der Waals surface area (Å²) in [5, 5.41) is 2.89. The van der Waals surface area contributed by atoms with E-state index in [-0.39, 0.29) is 6.61 Å². The Bertz CT molecular complexity index is 333. The summed E-state index contributed by atoms with van der Waals surface area (Å²) in [6.45, 7) is 0.920. The van der Waals surface area contributed by atoms with Crippen LogP contribution in [0.25, 0.3) is 0 Å². The molecule has 3 nitrogen and oxygen atoms in total. The van der Waals surface area contributed by atoms with Crippen LogP contribution in [0.4, 0.5) is 13.2 Å². The van der Waals surface area contributed by atoms with Gasteiger partial charge < -0.3 is 14.5 Å². The number of rotatable bonds is 5. The minimum Gasteiger partial charge on any atom is -0.465 e. The number of nitrogens with one attached hydrogen (secondary N) is 1. The molecule has 1 N–H and O–H groups in total. The van der Waals surface area contributed by atoms with Gasteiger partial charge in [0.05, 0.1) is 13.2 Å². The van der Waals surface area contributed by atoms with Crippen LogP contribution in [0.3, 0.4) is 0 Å². The van der Waals surface area contributed by atoms with E-state index >= 15 is 0 Å². The van der Waals surface area contributed by atoms with Crippen molar-refractivity contribution in [2.75, 3.05) is 13.7 Å². The highest BCUT2D eigenvalue weighted by Gasteiger charge is 2.27. The van der Waals surface area contributed by atoms with Crippen LogP contribution in [-0.2, 0) is 17.9 Å². The summed E-state index contributed by atoms with van der Waals surface area (Å²) in [5.74, 6) is 1.28. The monoisotopic (exact) mass is 237 g/mol. The van der Waals surface area contributed by atoms with Crippen molar-refractivity contribution in [1.82, 2.24) is 5.32 Å². The van der Waals surface area contributed by atoms with Crippen molar-refractivity contribution < 1.29 is 22.3 Å². The molecule has 1 aromatic heterocycles. The van der Waals surface area contributed by atoms with E-state index < -0.39 is 12.8 Å². The van der Waals surface area contributed by atoms with E-state index in [2.05, 4.69) is 10.1 Å². The molecule has 0 aromatic carbocycles. The minimum atomic E-state index is -4.29. The molecule has 0 atom stereocenters. The summed E-state index contributed by atoms with van der Waals surface area (Å²) in [7, 11) is 1.76. The van der Waals surface area contributed by atoms with Crippen molar-refractivity contribution in [3.05, 3.63) is 23.2 Å². The number of ether oxygens (including phenoxy) is 1. The topological polar surface area (TPSA) is 34.4 Å². The second kappa shape index (κ2) is 5.36. The van der Waals surface area contributed by atoms with Crippen LogP contribution >= 0.6 is 0 Å². The fourth-order valence-corrected chi connectivity index (χ4v) is 1.27. The van der Waals surface area contributed by atoms with Gasteiger partial charge in [-0.25, -0.2) is 0 Å². The van der Waals surface area contributed by atoms with Gasteiger partial charge in [-0.3, -0.25) is 0 Å². The van der Waals surface area contributed by atoms with Crippen LogP contribution in [-0.4, -0.2) is 19.8 Å². The van der Waals surface area contributed by atoms with Gasteiger partial charge in [-0.15, -0.1) is 0 Å². The second-order valence-corrected chi connectivity index (χ2v) is 3.43. The molecule has 16 heavy (non-hydrogen) atoms. The number of furan rings is 1. The fraction of sp³-hybridized carbons (Fsp3) is 0.600. The number of alkyl halides is 3. The number of halogens is 3. The molecule has 0 aliphatic rings. The van der Waals surface area contributed by atoms with Gasteiger partial charge in [-0.2, -0.15) is 13.2 Å². The van der Waals surface area contributed by atoms with Crippen molar-refractivity contribution in [3.8, 4) is 0 Å². The predicted molar refractivity (Wildman–Crippen MR) is 51.9 cm³/mol. The average molecular weight is 237 g/mol. The van der Waals surface area contributed by atoms with Crippen molar-refractivity contribution in [3.63, 3.8) is 0 Å². The Balaban J connectivity index is 2.47. The average Bonchev–Trinajstić information content (AvgIpc) is 2.45. The molecule has 1 aromatic rings. The molecule has 0 bridgehead atoms. The first-order valence-electron chi connectivity index (χ1n) is 4.79. The second-order valence-electron chi connectivity index (χ2n) is 3.43. The normalized spacial score (nSPS) is 12.1. The number of hydrogen-bond donors (Lipinski definition) is 1. The zero-order valence-corrected chi connectivity index (χ0v) is 9.15. The molecule has 1 rings (SSSR count). The molecule has 0 aliphatic carbocycles. The molecule has 0 fully saturated rings. The van der Waals surface area contributed by atoms with Crippen LogP contribution in [0.1, 0.15) is 17.1 Å². The Labute approximate surface area is 91.6 Å². The predicted octanol–water partition coefficient (Wildman–Crippen LogP) is 2.39. The fourth-order valence-electron chi connectivity index (χ4n) is 1.27. The van der Waals surface area contributed by atoms with Gasteiger partial charge in [0.15, 0.2) is 0 Å². The Morgan fingerprint density at radius 2 is 2.12 bits per heavy atom. The maximum absolute atomic E-state index is 11.8. The van der Waals surface area contributed by atoms with Crippen molar-refractivity contribution >= 4 is 0 Å². The summed E-state index contributed by atoms with van der Waals surface area (Å²) < 4.78 is 45.3. The van der Waals surface area contributed by atoms with Crippen LogP contribution < -0.4 is 5.32 Å². The molecule has 0 radical (unpaired) electrons. The maximum atomic E-state index is 11.8. The Morgan fingerprint density at radius 1 is 1.44 bits per heavy atom. The van der Waals surface area contributed by atoms with E-state index in [1.165, 1.54) is 0 Å². The molecule has 0 aliphatic heterocycles. The minimum absolute atomic E-state index is 0.0848. The van der Waals surface area contributed by atoms with Crippen molar-refractivity contribution in [2.45, 2.75) is 26.3 Å². The molecule has 0 saturated heterocycles. The largest absolute Gasteiger partial charge is 0.465 e. The van der Waals surface area contributed by atoms with Gasteiger partial charge in [0.25, 0.3) is 0 Å². The molecular formula is C10H14F3NO2. The van der Waals surface area contributed by atoms with Crippen LogP contribution in [0, 0.1) is 6.92 Å². The zero-order chi connectivity index (χ0) is 12.2. The van der Waals surface area contributed by atoms with E-state index in [9.17, 15) is 13.2 Å². The summed E-state index contributed by atoms with van der Waals surface area (Å²) in [5.41, 5.74) is 0.648. The third-order valence-electron chi connectivity index (χ3n) is 1.95. The Hall–Kier alpha value is -1.01. The van der Waals surface area contributed by atoms with Crippen molar-refractivity contribution in [1.29, 1.82) is 0 Å². The van der Waals surface area contributed by atoms with Gasteiger partial charge in [0, 0.05) is 5.56 Å². The van der Waals surface area contributed by atoms with Gasteiger partial charge in [-0.05, 0) is 20.0 Å². The summed E-state index contributed by atoms with van der Waals surface area (Å²) in [4.78, 5) is 0. The van der Waals surface area contributed by atoms with Gasteiger partial charge in [-0.1, -0.05) is 0 Å². The summed E-state index contributed by atoms with van der Waals surface area (Å²) >= 11 is 0. The van der Waals surface area contributed by atoms with E-state index in [1.54, 1.807) is 20.0 Å². The summed E-state index contributed by atoms with van der Waals surface area (Å²) in [6, 6.07) is 1.70. The zero-order valence-electron chi connectivity index (χ0n) is 9.15. The molecule has 0 spiro atoms. The van der Waals surface area contributed by atoms with Gasteiger partial charge in [0.1, 0.15) is 18.1 Å². The lowest BCUT2D eigenvalue weighted by molar-refractivity contribution is -0.176. The lowest BCUT2D eigenvalue weighted by Crippen LogP contribution is -2.16.